The standard InChI is InChI=1S/C20H17F3N2O3/c1-10-8-18(2)14-15-17(27-6-5-19(10,15)28-18)25(16(14)26)12-4-3-11(9-24)13(7-12)20(21,22)23/h3-4,7,14-15,17H,1,5-6,8H2,2H3/t14-,15+,17+,18-,19+/m1/s1. The van der Waals surface area contributed by atoms with Crippen molar-refractivity contribution in [2.75, 3.05) is 11.5 Å². The van der Waals surface area contributed by atoms with Crippen molar-refractivity contribution in [3.8, 4) is 6.07 Å². The number of hydrogen-bond acceptors (Lipinski definition) is 4. The second kappa shape index (κ2) is 5.16. The minimum atomic E-state index is -4.70. The molecule has 0 aromatic heterocycles. The fraction of sp³-hybridized carbons (Fsp3) is 0.500. The fourth-order valence-corrected chi connectivity index (χ4v) is 5.66. The minimum Gasteiger partial charge on any atom is -0.363 e. The molecule has 4 saturated heterocycles. The predicted molar refractivity (Wildman–Crippen MR) is 91.0 cm³/mol. The van der Waals surface area contributed by atoms with Gasteiger partial charge in [0.05, 0.1) is 46.8 Å². The maximum atomic E-state index is 13.4. The number of carbonyl (C=O) groups is 1. The largest absolute Gasteiger partial charge is 0.417 e. The zero-order valence-corrected chi connectivity index (χ0v) is 15.0. The number of alkyl halides is 3. The highest BCUT2D eigenvalue weighted by atomic mass is 19.4. The van der Waals surface area contributed by atoms with Crippen LogP contribution in [0.15, 0.2) is 30.4 Å². The van der Waals surface area contributed by atoms with Crippen molar-refractivity contribution < 1.29 is 27.4 Å². The maximum absolute atomic E-state index is 13.4. The molecule has 1 amide bonds. The Kier molecular flexibility index (Phi) is 3.26. The number of rotatable bonds is 1. The molecule has 0 radical (unpaired) electrons. The number of hydrogen-bond donors (Lipinski definition) is 0. The molecule has 5 atom stereocenters. The van der Waals surface area contributed by atoms with Crippen molar-refractivity contribution >= 4 is 11.6 Å². The molecule has 4 aliphatic rings. The molecule has 1 aromatic carbocycles. The smallest absolute Gasteiger partial charge is 0.363 e. The molecule has 0 unspecified atom stereocenters. The van der Waals surface area contributed by atoms with Crippen LogP contribution in [0.3, 0.4) is 0 Å². The van der Waals surface area contributed by atoms with Crippen LogP contribution in [0.2, 0.25) is 0 Å². The number of carbonyl (C=O) groups excluding carboxylic acids is 1. The molecule has 4 fully saturated rings. The number of nitrogens with zero attached hydrogens (tertiary/aromatic N) is 2. The summed E-state index contributed by atoms with van der Waals surface area (Å²) in [5.74, 6) is -1.09. The third kappa shape index (κ3) is 1.96. The first-order chi connectivity index (χ1) is 13.1. The van der Waals surface area contributed by atoms with Gasteiger partial charge in [0.25, 0.3) is 0 Å². The maximum Gasteiger partial charge on any atom is 0.417 e. The van der Waals surface area contributed by atoms with E-state index in [2.05, 4.69) is 6.58 Å². The third-order valence-electron chi connectivity index (χ3n) is 6.67. The predicted octanol–water partition coefficient (Wildman–Crippen LogP) is 3.39. The van der Waals surface area contributed by atoms with Crippen molar-refractivity contribution in [2.24, 2.45) is 11.8 Å². The highest BCUT2D eigenvalue weighted by molar-refractivity contribution is 6.00. The molecular weight excluding hydrogens is 373 g/mol. The molecule has 0 N–H and O–H groups in total. The number of amides is 1. The van der Waals surface area contributed by atoms with E-state index in [9.17, 15) is 18.0 Å². The lowest BCUT2D eigenvalue weighted by Crippen LogP contribution is -2.52. The van der Waals surface area contributed by atoms with Gasteiger partial charge < -0.3 is 9.47 Å². The van der Waals surface area contributed by atoms with Crippen molar-refractivity contribution in [2.45, 2.75) is 43.4 Å². The molecule has 28 heavy (non-hydrogen) atoms. The van der Waals surface area contributed by atoms with Gasteiger partial charge in [-0.2, -0.15) is 18.4 Å². The Morgan fingerprint density at radius 1 is 1.39 bits per heavy atom. The molecule has 5 nitrogen and oxygen atoms in total. The summed E-state index contributed by atoms with van der Waals surface area (Å²) in [6, 6.07) is 4.90. The molecule has 4 heterocycles. The number of halogens is 3. The van der Waals surface area contributed by atoms with Crippen LogP contribution in [-0.4, -0.2) is 29.9 Å². The summed E-state index contributed by atoms with van der Waals surface area (Å²) in [7, 11) is 0. The van der Waals surface area contributed by atoms with Crippen LogP contribution in [-0.2, 0) is 20.4 Å². The second-order valence-electron chi connectivity index (χ2n) is 8.15. The molecule has 1 spiro atoms. The molecule has 0 saturated carbocycles. The highest BCUT2D eigenvalue weighted by Gasteiger charge is 2.76. The lowest BCUT2D eigenvalue weighted by molar-refractivity contribution is -0.138. The summed E-state index contributed by atoms with van der Waals surface area (Å²) in [5.41, 5.74) is -1.91. The van der Waals surface area contributed by atoms with Crippen molar-refractivity contribution in [1.82, 2.24) is 0 Å². The van der Waals surface area contributed by atoms with Crippen LogP contribution in [0.4, 0.5) is 18.9 Å². The number of fused-ring (bicyclic) bond motifs is 2. The van der Waals surface area contributed by atoms with Crippen LogP contribution in [0, 0.1) is 23.2 Å². The Bertz CT molecular complexity index is 968. The summed E-state index contributed by atoms with van der Waals surface area (Å²) in [5, 5.41) is 9.02. The van der Waals surface area contributed by atoms with E-state index < -0.39 is 40.7 Å². The minimum absolute atomic E-state index is 0.0846. The zero-order valence-electron chi connectivity index (χ0n) is 15.0. The van der Waals surface area contributed by atoms with E-state index in [0.717, 1.165) is 17.7 Å². The van der Waals surface area contributed by atoms with Crippen molar-refractivity contribution in [3.63, 3.8) is 0 Å². The first kappa shape index (κ1) is 17.7. The first-order valence-electron chi connectivity index (χ1n) is 9.07. The van der Waals surface area contributed by atoms with Gasteiger partial charge in [-0.1, -0.05) is 6.58 Å². The van der Waals surface area contributed by atoms with Gasteiger partial charge in [-0.25, -0.2) is 0 Å². The van der Waals surface area contributed by atoms with E-state index in [1.807, 2.05) is 6.92 Å². The quantitative estimate of drug-likeness (QED) is 0.690. The Labute approximate surface area is 159 Å². The zero-order chi connectivity index (χ0) is 20.1. The average molecular weight is 390 g/mol. The number of benzene rings is 1. The number of nitriles is 1. The van der Waals surface area contributed by atoms with Gasteiger partial charge in [0.2, 0.25) is 5.91 Å². The van der Waals surface area contributed by atoms with Gasteiger partial charge in [-0.05, 0) is 30.7 Å². The number of ether oxygens (including phenoxy) is 2. The SMILES string of the molecule is C=C1C[C@@]2(C)O[C@@]13CCO[C@H]1[C@@H]3[C@@H]2C(=O)N1c1ccc(C#N)c(C(F)(F)F)c1. The van der Waals surface area contributed by atoms with Gasteiger partial charge in [-0.3, -0.25) is 9.69 Å². The molecule has 0 aliphatic carbocycles. The summed E-state index contributed by atoms with van der Waals surface area (Å²) in [6.07, 6.45) is -4.26. The summed E-state index contributed by atoms with van der Waals surface area (Å²) < 4.78 is 52.4. The van der Waals surface area contributed by atoms with Crippen molar-refractivity contribution in [3.05, 3.63) is 41.5 Å². The highest BCUT2D eigenvalue weighted by Crippen LogP contribution is 2.66. The molecule has 146 valence electrons. The van der Waals surface area contributed by atoms with E-state index in [0.29, 0.717) is 19.4 Å². The van der Waals surface area contributed by atoms with Crippen LogP contribution in [0.25, 0.3) is 0 Å². The van der Waals surface area contributed by atoms with Gasteiger partial charge in [0.15, 0.2) is 0 Å². The monoisotopic (exact) mass is 390 g/mol. The summed E-state index contributed by atoms with van der Waals surface area (Å²) >= 11 is 0. The Morgan fingerprint density at radius 2 is 2.14 bits per heavy atom. The van der Waals surface area contributed by atoms with Crippen LogP contribution < -0.4 is 4.90 Å². The Hall–Kier alpha value is -2.37. The Morgan fingerprint density at radius 3 is 2.82 bits per heavy atom. The van der Waals surface area contributed by atoms with Gasteiger partial charge in [0, 0.05) is 18.5 Å². The van der Waals surface area contributed by atoms with E-state index in [4.69, 9.17) is 14.7 Å². The lowest BCUT2D eigenvalue weighted by atomic mass is 9.64. The summed E-state index contributed by atoms with van der Waals surface area (Å²) in [6.45, 7) is 6.35. The summed E-state index contributed by atoms with van der Waals surface area (Å²) in [4.78, 5) is 14.7. The third-order valence-corrected chi connectivity index (χ3v) is 6.67. The van der Waals surface area contributed by atoms with E-state index in [1.165, 1.54) is 11.0 Å². The number of anilines is 1. The van der Waals surface area contributed by atoms with Crippen LogP contribution >= 0.6 is 0 Å². The molecule has 5 rings (SSSR count). The first-order valence-corrected chi connectivity index (χ1v) is 9.07. The molecule has 8 heteroatoms. The fourth-order valence-electron chi connectivity index (χ4n) is 5.66. The lowest BCUT2D eigenvalue weighted by Gasteiger charge is -2.42. The van der Waals surface area contributed by atoms with E-state index in [1.54, 1.807) is 6.07 Å². The van der Waals surface area contributed by atoms with Crippen molar-refractivity contribution in [1.29, 1.82) is 5.26 Å². The normalized spacial score (nSPS) is 38.7. The van der Waals surface area contributed by atoms with E-state index in [-0.39, 0.29) is 17.5 Å². The van der Waals surface area contributed by atoms with Gasteiger partial charge in [0.1, 0.15) is 6.23 Å². The van der Waals surface area contributed by atoms with Crippen LogP contribution in [0.5, 0.6) is 0 Å². The molecule has 1 aromatic rings. The second-order valence-corrected chi connectivity index (χ2v) is 8.15. The molecule has 2 bridgehead atoms. The van der Waals surface area contributed by atoms with E-state index >= 15 is 0 Å². The average Bonchev–Trinajstić information content (AvgIpc) is 3.17. The van der Waals surface area contributed by atoms with Gasteiger partial charge >= 0.3 is 6.18 Å². The Balaban J connectivity index is 1.63. The molecular formula is C20H17F3N2O3. The molecule has 4 aliphatic heterocycles. The van der Waals surface area contributed by atoms with Crippen LogP contribution in [0.1, 0.15) is 30.9 Å². The topological polar surface area (TPSA) is 62.6 Å². The van der Waals surface area contributed by atoms with Gasteiger partial charge in [-0.15, -0.1) is 0 Å².